The second kappa shape index (κ2) is 7.65. The average Bonchev–Trinajstić information content (AvgIpc) is 2.62. The highest BCUT2D eigenvalue weighted by Crippen LogP contribution is 2.29. The van der Waals surface area contributed by atoms with Crippen molar-refractivity contribution in [3.8, 4) is 11.8 Å². The summed E-state index contributed by atoms with van der Waals surface area (Å²) in [5, 5.41) is 11.5. The number of benzene rings is 2. The van der Waals surface area contributed by atoms with Crippen LogP contribution in [-0.4, -0.2) is 12.5 Å². The van der Waals surface area contributed by atoms with E-state index in [-0.39, 0.29) is 12.5 Å². The van der Waals surface area contributed by atoms with E-state index >= 15 is 0 Å². The summed E-state index contributed by atoms with van der Waals surface area (Å²) < 4.78 is 5.75. The zero-order chi connectivity index (χ0) is 16.8. The Hall–Kier alpha value is -2.80. The molecule has 0 fully saturated rings. The summed E-state index contributed by atoms with van der Waals surface area (Å²) >= 11 is 0. The first-order valence-electron chi connectivity index (χ1n) is 8.25. The van der Waals surface area contributed by atoms with Crippen LogP contribution in [0.4, 0.5) is 5.69 Å². The van der Waals surface area contributed by atoms with Crippen molar-refractivity contribution >= 4 is 11.6 Å². The third-order valence-corrected chi connectivity index (χ3v) is 4.23. The van der Waals surface area contributed by atoms with Crippen molar-refractivity contribution in [2.45, 2.75) is 32.1 Å². The molecule has 1 aliphatic carbocycles. The maximum absolute atomic E-state index is 12.1. The lowest BCUT2D eigenvalue weighted by atomic mass is 9.91. The van der Waals surface area contributed by atoms with Gasteiger partial charge in [0.05, 0.1) is 12.5 Å². The van der Waals surface area contributed by atoms with Crippen molar-refractivity contribution in [3.05, 3.63) is 59.2 Å². The fraction of sp³-hybridized carbons (Fsp3) is 0.300. The molecule has 1 aliphatic rings. The van der Waals surface area contributed by atoms with Gasteiger partial charge in [-0.2, -0.15) is 5.26 Å². The summed E-state index contributed by atoms with van der Waals surface area (Å²) in [7, 11) is 0. The number of fused-ring (bicyclic) bond motifs is 1. The number of rotatable bonds is 5. The van der Waals surface area contributed by atoms with E-state index in [4.69, 9.17) is 10.00 Å². The molecule has 3 rings (SSSR count). The van der Waals surface area contributed by atoms with Crippen LogP contribution >= 0.6 is 0 Å². The Morgan fingerprint density at radius 3 is 2.71 bits per heavy atom. The van der Waals surface area contributed by atoms with Gasteiger partial charge < -0.3 is 10.1 Å². The molecule has 0 heterocycles. The van der Waals surface area contributed by atoms with Gasteiger partial charge in [-0.25, -0.2) is 0 Å². The van der Waals surface area contributed by atoms with E-state index in [1.165, 1.54) is 24.0 Å². The topological polar surface area (TPSA) is 62.1 Å². The number of carbonyl (C=O) groups excluding carboxylic acids is 1. The Bertz CT molecular complexity index is 760. The highest BCUT2D eigenvalue weighted by atomic mass is 16.5. The molecule has 0 radical (unpaired) electrons. The lowest BCUT2D eigenvalue weighted by molar-refractivity contribution is -0.118. The molecule has 0 bridgehead atoms. The Kier molecular flexibility index (Phi) is 5.12. The van der Waals surface area contributed by atoms with E-state index in [0.717, 1.165) is 24.2 Å². The quantitative estimate of drug-likeness (QED) is 0.914. The number of hydrogen-bond acceptors (Lipinski definition) is 3. The SMILES string of the molecule is N#CCc1ccc(NC(=O)COc2cccc3c2CCCC3)cc1. The largest absolute Gasteiger partial charge is 0.483 e. The molecule has 24 heavy (non-hydrogen) atoms. The molecule has 0 aromatic heterocycles. The van der Waals surface area contributed by atoms with Gasteiger partial charge in [0.1, 0.15) is 5.75 Å². The third kappa shape index (κ3) is 3.94. The molecule has 1 N–H and O–H groups in total. The molecular weight excluding hydrogens is 300 g/mol. The Balaban J connectivity index is 1.57. The van der Waals surface area contributed by atoms with Crippen LogP contribution < -0.4 is 10.1 Å². The van der Waals surface area contributed by atoms with Crippen LogP contribution in [-0.2, 0) is 24.1 Å². The van der Waals surface area contributed by atoms with Crippen LogP contribution in [0.5, 0.6) is 5.75 Å². The van der Waals surface area contributed by atoms with Crippen LogP contribution in [0.2, 0.25) is 0 Å². The van der Waals surface area contributed by atoms with Gasteiger partial charge in [-0.15, -0.1) is 0 Å². The molecule has 1 amide bonds. The first kappa shape index (κ1) is 16.1. The van der Waals surface area contributed by atoms with Gasteiger partial charge in [0.25, 0.3) is 5.91 Å². The van der Waals surface area contributed by atoms with E-state index in [1.807, 2.05) is 24.3 Å². The van der Waals surface area contributed by atoms with Crippen LogP contribution in [0.3, 0.4) is 0 Å². The molecule has 0 saturated heterocycles. The lowest BCUT2D eigenvalue weighted by Crippen LogP contribution is -2.21. The van der Waals surface area contributed by atoms with Gasteiger partial charge in [-0.3, -0.25) is 4.79 Å². The fourth-order valence-corrected chi connectivity index (χ4v) is 3.02. The monoisotopic (exact) mass is 320 g/mol. The number of nitriles is 1. The number of amides is 1. The van der Waals surface area contributed by atoms with Gasteiger partial charge in [-0.1, -0.05) is 24.3 Å². The minimum Gasteiger partial charge on any atom is -0.483 e. The molecular formula is C20H20N2O2. The number of carbonyl (C=O) groups is 1. The minimum atomic E-state index is -0.184. The first-order chi connectivity index (χ1) is 11.8. The summed E-state index contributed by atoms with van der Waals surface area (Å²) in [5.41, 5.74) is 4.23. The molecule has 0 unspecified atom stereocenters. The molecule has 0 aliphatic heterocycles. The standard InChI is InChI=1S/C20H20N2O2/c21-13-12-15-8-10-17(11-9-15)22-20(23)14-24-19-7-3-5-16-4-1-2-6-18(16)19/h3,5,7-11H,1-2,4,6,12,14H2,(H,22,23). The summed E-state index contributed by atoms with van der Waals surface area (Å²) in [6, 6.07) is 15.5. The number of hydrogen-bond donors (Lipinski definition) is 1. The zero-order valence-electron chi connectivity index (χ0n) is 13.5. The third-order valence-electron chi connectivity index (χ3n) is 4.23. The van der Waals surface area contributed by atoms with Crippen LogP contribution in [0, 0.1) is 11.3 Å². The fourth-order valence-electron chi connectivity index (χ4n) is 3.02. The molecule has 4 heteroatoms. The Labute approximate surface area is 142 Å². The number of ether oxygens (including phenoxy) is 1. The number of anilines is 1. The van der Waals surface area contributed by atoms with E-state index in [0.29, 0.717) is 12.1 Å². The maximum Gasteiger partial charge on any atom is 0.262 e. The summed E-state index contributed by atoms with van der Waals surface area (Å²) in [6.07, 6.45) is 4.88. The second-order valence-corrected chi connectivity index (χ2v) is 5.97. The predicted octanol–water partition coefficient (Wildman–Crippen LogP) is 3.65. The number of nitrogens with one attached hydrogen (secondary N) is 1. The van der Waals surface area contributed by atoms with Crippen molar-refractivity contribution in [2.24, 2.45) is 0 Å². The summed E-state index contributed by atoms with van der Waals surface area (Å²) in [5.74, 6) is 0.642. The van der Waals surface area contributed by atoms with Crippen molar-refractivity contribution in [2.75, 3.05) is 11.9 Å². The van der Waals surface area contributed by atoms with Gasteiger partial charge in [0, 0.05) is 5.69 Å². The average molecular weight is 320 g/mol. The summed E-state index contributed by atoms with van der Waals surface area (Å²) in [4.78, 5) is 12.1. The first-order valence-corrected chi connectivity index (χ1v) is 8.25. The zero-order valence-corrected chi connectivity index (χ0v) is 13.5. The predicted molar refractivity (Wildman–Crippen MR) is 93.0 cm³/mol. The molecule has 2 aromatic rings. The summed E-state index contributed by atoms with van der Waals surface area (Å²) in [6.45, 7) is -0.00357. The highest BCUT2D eigenvalue weighted by molar-refractivity contribution is 5.91. The van der Waals surface area contributed by atoms with Crippen molar-refractivity contribution in [1.82, 2.24) is 0 Å². The highest BCUT2D eigenvalue weighted by Gasteiger charge is 2.14. The van der Waals surface area contributed by atoms with Gasteiger partial charge in [-0.05, 0) is 60.6 Å². The molecule has 0 atom stereocenters. The van der Waals surface area contributed by atoms with Crippen LogP contribution in [0.25, 0.3) is 0 Å². The van der Waals surface area contributed by atoms with Gasteiger partial charge >= 0.3 is 0 Å². The number of nitrogens with zero attached hydrogens (tertiary/aromatic N) is 1. The molecule has 0 spiro atoms. The normalized spacial score (nSPS) is 12.8. The van der Waals surface area contributed by atoms with E-state index < -0.39 is 0 Å². The van der Waals surface area contributed by atoms with Gasteiger partial charge in [0.15, 0.2) is 6.61 Å². The van der Waals surface area contributed by atoms with E-state index in [2.05, 4.69) is 17.5 Å². The van der Waals surface area contributed by atoms with E-state index in [1.54, 1.807) is 12.1 Å². The molecule has 122 valence electrons. The van der Waals surface area contributed by atoms with Crippen LogP contribution in [0.15, 0.2) is 42.5 Å². The second-order valence-electron chi connectivity index (χ2n) is 5.97. The number of aryl methyl sites for hydroxylation is 1. The minimum absolute atomic E-state index is 0.00357. The van der Waals surface area contributed by atoms with Crippen molar-refractivity contribution in [1.29, 1.82) is 5.26 Å². The van der Waals surface area contributed by atoms with Crippen molar-refractivity contribution < 1.29 is 9.53 Å². The van der Waals surface area contributed by atoms with Gasteiger partial charge in [0.2, 0.25) is 0 Å². The Morgan fingerprint density at radius 2 is 1.92 bits per heavy atom. The Morgan fingerprint density at radius 1 is 1.12 bits per heavy atom. The maximum atomic E-state index is 12.1. The molecule has 0 saturated carbocycles. The smallest absolute Gasteiger partial charge is 0.262 e. The van der Waals surface area contributed by atoms with Crippen LogP contribution in [0.1, 0.15) is 29.5 Å². The molecule has 4 nitrogen and oxygen atoms in total. The lowest BCUT2D eigenvalue weighted by Gasteiger charge is -2.19. The van der Waals surface area contributed by atoms with Crippen molar-refractivity contribution in [3.63, 3.8) is 0 Å². The van der Waals surface area contributed by atoms with E-state index in [9.17, 15) is 4.79 Å². The molecule has 2 aromatic carbocycles.